The van der Waals surface area contributed by atoms with Crippen molar-refractivity contribution in [3.63, 3.8) is 0 Å². The first-order valence-electron chi connectivity index (χ1n) is 5.13. The van der Waals surface area contributed by atoms with Gasteiger partial charge in [-0.3, -0.25) is 4.79 Å². The van der Waals surface area contributed by atoms with Gasteiger partial charge >= 0.3 is 5.97 Å². The standard InChI is InChI=1S/C11H14O5/c1-11(6-8-3-2-4-14-8)15-7-9(16-11)5-10(12)13/h2-4,9H,5-7H2,1H3,(H,12,13). The molecule has 1 fully saturated rings. The molecule has 88 valence electrons. The van der Waals surface area contributed by atoms with Crippen LogP contribution in [0, 0.1) is 0 Å². The minimum Gasteiger partial charge on any atom is -0.481 e. The molecular formula is C11H14O5. The Labute approximate surface area is 93.0 Å². The van der Waals surface area contributed by atoms with E-state index in [-0.39, 0.29) is 12.5 Å². The van der Waals surface area contributed by atoms with Crippen molar-refractivity contribution in [3.05, 3.63) is 24.2 Å². The summed E-state index contributed by atoms with van der Waals surface area (Å²) in [7, 11) is 0. The number of hydrogen-bond donors (Lipinski definition) is 1. The number of carbonyl (C=O) groups is 1. The molecule has 0 spiro atoms. The molecule has 1 N–H and O–H groups in total. The monoisotopic (exact) mass is 226 g/mol. The van der Waals surface area contributed by atoms with Crippen molar-refractivity contribution in [2.45, 2.75) is 31.7 Å². The smallest absolute Gasteiger partial charge is 0.306 e. The van der Waals surface area contributed by atoms with E-state index in [9.17, 15) is 4.79 Å². The van der Waals surface area contributed by atoms with Gasteiger partial charge < -0.3 is 19.0 Å². The fourth-order valence-electron chi connectivity index (χ4n) is 1.81. The van der Waals surface area contributed by atoms with Crippen LogP contribution in [0.2, 0.25) is 0 Å². The highest BCUT2D eigenvalue weighted by Gasteiger charge is 2.38. The van der Waals surface area contributed by atoms with E-state index in [1.165, 1.54) is 0 Å². The molecule has 0 amide bonds. The van der Waals surface area contributed by atoms with Gasteiger partial charge in [0.05, 0.1) is 31.8 Å². The highest BCUT2D eigenvalue weighted by molar-refractivity contribution is 5.67. The summed E-state index contributed by atoms with van der Waals surface area (Å²) in [5, 5.41) is 8.65. The SMILES string of the molecule is CC1(Cc2ccco2)OCC(CC(=O)O)O1. The predicted octanol–water partition coefficient (Wildman–Crippen LogP) is 1.43. The number of furan rings is 1. The fourth-order valence-corrected chi connectivity index (χ4v) is 1.81. The lowest BCUT2D eigenvalue weighted by Crippen LogP contribution is -2.29. The van der Waals surface area contributed by atoms with Crippen LogP contribution in [0.3, 0.4) is 0 Å². The second-order valence-electron chi connectivity index (χ2n) is 4.04. The summed E-state index contributed by atoms with van der Waals surface area (Å²) in [4.78, 5) is 10.5. The third kappa shape index (κ3) is 2.62. The van der Waals surface area contributed by atoms with Gasteiger partial charge in [0.2, 0.25) is 0 Å². The number of carboxylic acids is 1. The summed E-state index contributed by atoms with van der Waals surface area (Å²) < 4.78 is 16.3. The first kappa shape index (κ1) is 11.2. The Kier molecular flexibility index (Phi) is 2.98. The van der Waals surface area contributed by atoms with Crippen molar-refractivity contribution in [1.82, 2.24) is 0 Å². The maximum atomic E-state index is 10.5. The first-order valence-corrected chi connectivity index (χ1v) is 5.13. The molecule has 1 aliphatic heterocycles. The van der Waals surface area contributed by atoms with E-state index < -0.39 is 11.8 Å². The minimum absolute atomic E-state index is 0.0340. The molecule has 16 heavy (non-hydrogen) atoms. The molecule has 2 heterocycles. The number of rotatable bonds is 4. The molecule has 2 rings (SSSR count). The molecule has 2 unspecified atom stereocenters. The highest BCUT2D eigenvalue weighted by atomic mass is 16.7. The number of carboxylic acid groups (broad SMARTS) is 1. The fraction of sp³-hybridized carbons (Fsp3) is 0.545. The molecule has 2 atom stereocenters. The average molecular weight is 226 g/mol. The zero-order valence-corrected chi connectivity index (χ0v) is 9.01. The van der Waals surface area contributed by atoms with Crippen molar-refractivity contribution in [3.8, 4) is 0 Å². The van der Waals surface area contributed by atoms with Crippen LogP contribution in [0.5, 0.6) is 0 Å². The lowest BCUT2D eigenvalue weighted by atomic mass is 10.2. The minimum atomic E-state index is -0.879. The normalized spacial score (nSPS) is 29.4. The van der Waals surface area contributed by atoms with Gasteiger partial charge in [-0.05, 0) is 19.1 Å². The van der Waals surface area contributed by atoms with Gasteiger partial charge in [-0.1, -0.05) is 0 Å². The maximum Gasteiger partial charge on any atom is 0.306 e. The van der Waals surface area contributed by atoms with Gasteiger partial charge in [0.15, 0.2) is 5.79 Å². The molecule has 1 aromatic heterocycles. The van der Waals surface area contributed by atoms with Gasteiger partial charge in [-0.15, -0.1) is 0 Å². The average Bonchev–Trinajstić information content (AvgIpc) is 2.76. The second-order valence-corrected chi connectivity index (χ2v) is 4.04. The Bertz CT molecular complexity index is 358. The Balaban J connectivity index is 1.93. The van der Waals surface area contributed by atoms with Crippen molar-refractivity contribution < 1.29 is 23.8 Å². The van der Waals surface area contributed by atoms with E-state index in [2.05, 4.69) is 0 Å². The molecule has 0 bridgehead atoms. The molecule has 0 aliphatic carbocycles. The second kappa shape index (κ2) is 4.27. The van der Waals surface area contributed by atoms with Crippen LogP contribution in [0.15, 0.2) is 22.8 Å². The lowest BCUT2D eigenvalue weighted by molar-refractivity contribution is -0.160. The molecule has 0 radical (unpaired) electrons. The molecular weight excluding hydrogens is 212 g/mol. The molecule has 1 aromatic rings. The summed E-state index contributed by atoms with van der Waals surface area (Å²) in [5.74, 6) is -0.896. The Morgan fingerprint density at radius 1 is 1.69 bits per heavy atom. The summed E-state index contributed by atoms with van der Waals surface area (Å²) in [6.07, 6.45) is 1.66. The largest absolute Gasteiger partial charge is 0.481 e. The van der Waals surface area contributed by atoms with Crippen molar-refractivity contribution in [2.24, 2.45) is 0 Å². The van der Waals surface area contributed by atoms with Crippen LogP contribution in [0.1, 0.15) is 19.1 Å². The zero-order valence-electron chi connectivity index (χ0n) is 9.01. The summed E-state index contributed by atoms with van der Waals surface area (Å²) >= 11 is 0. The summed E-state index contributed by atoms with van der Waals surface area (Å²) in [5.41, 5.74) is 0. The van der Waals surface area contributed by atoms with Gasteiger partial charge in [-0.25, -0.2) is 0 Å². The Morgan fingerprint density at radius 3 is 3.12 bits per heavy atom. The summed E-state index contributed by atoms with van der Waals surface area (Å²) in [6, 6.07) is 3.63. The quantitative estimate of drug-likeness (QED) is 0.841. The van der Waals surface area contributed by atoms with Crippen LogP contribution >= 0.6 is 0 Å². The van der Waals surface area contributed by atoms with Crippen LogP contribution < -0.4 is 0 Å². The van der Waals surface area contributed by atoms with Gasteiger partial charge in [0.25, 0.3) is 0 Å². The van der Waals surface area contributed by atoms with Crippen LogP contribution in [-0.4, -0.2) is 29.6 Å². The predicted molar refractivity (Wildman–Crippen MR) is 53.9 cm³/mol. The Morgan fingerprint density at radius 2 is 2.50 bits per heavy atom. The molecule has 1 saturated heterocycles. The zero-order chi connectivity index (χ0) is 11.6. The van der Waals surface area contributed by atoms with E-state index in [4.69, 9.17) is 19.0 Å². The van der Waals surface area contributed by atoms with Gasteiger partial charge in [0, 0.05) is 0 Å². The van der Waals surface area contributed by atoms with E-state index in [0.29, 0.717) is 13.0 Å². The van der Waals surface area contributed by atoms with Crippen molar-refractivity contribution >= 4 is 5.97 Å². The van der Waals surface area contributed by atoms with E-state index in [0.717, 1.165) is 5.76 Å². The van der Waals surface area contributed by atoms with E-state index in [1.54, 1.807) is 19.3 Å². The Hall–Kier alpha value is -1.33. The number of aliphatic carboxylic acids is 1. The molecule has 5 nitrogen and oxygen atoms in total. The number of ether oxygens (including phenoxy) is 2. The van der Waals surface area contributed by atoms with Crippen LogP contribution in [0.25, 0.3) is 0 Å². The van der Waals surface area contributed by atoms with Crippen LogP contribution in [0.4, 0.5) is 0 Å². The van der Waals surface area contributed by atoms with Crippen molar-refractivity contribution in [2.75, 3.05) is 6.61 Å². The molecule has 1 aliphatic rings. The molecule has 5 heteroatoms. The third-order valence-electron chi connectivity index (χ3n) is 2.47. The lowest BCUT2D eigenvalue weighted by Gasteiger charge is -2.21. The maximum absolute atomic E-state index is 10.5. The summed E-state index contributed by atoms with van der Waals surface area (Å²) in [6.45, 7) is 2.10. The van der Waals surface area contributed by atoms with Gasteiger partial charge in [0.1, 0.15) is 5.76 Å². The highest BCUT2D eigenvalue weighted by Crippen LogP contribution is 2.28. The van der Waals surface area contributed by atoms with Crippen molar-refractivity contribution in [1.29, 1.82) is 0 Å². The first-order chi connectivity index (χ1) is 7.57. The third-order valence-corrected chi connectivity index (χ3v) is 2.47. The van der Waals surface area contributed by atoms with E-state index in [1.807, 2.05) is 6.07 Å². The molecule has 0 saturated carbocycles. The van der Waals surface area contributed by atoms with Gasteiger partial charge in [-0.2, -0.15) is 0 Å². The molecule has 0 aromatic carbocycles. The topological polar surface area (TPSA) is 68.9 Å². The number of hydrogen-bond acceptors (Lipinski definition) is 4. The van der Waals surface area contributed by atoms with Crippen LogP contribution in [-0.2, 0) is 20.7 Å². The van der Waals surface area contributed by atoms with E-state index >= 15 is 0 Å².